The summed E-state index contributed by atoms with van der Waals surface area (Å²) in [6, 6.07) is 9.28. The first-order valence-corrected chi connectivity index (χ1v) is 5.74. The highest BCUT2D eigenvalue weighted by molar-refractivity contribution is 5.84. The van der Waals surface area contributed by atoms with Gasteiger partial charge in [-0.3, -0.25) is 4.79 Å². The van der Waals surface area contributed by atoms with Crippen molar-refractivity contribution < 1.29 is 9.90 Å². The molecule has 0 aliphatic rings. The van der Waals surface area contributed by atoms with Crippen LogP contribution in [0.5, 0.6) is 0 Å². The molecule has 0 aliphatic heterocycles. The molecule has 0 fully saturated rings. The molecule has 4 heteroatoms. The Labute approximate surface area is 102 Å². The van der Waals surface area contributed by atoms with Gasteiger partial charge in [-0.05, 0) is 12.5 Å². The largest absolute Gasteiger partial charge is 0.394 e. The van der Waals surface area contributed by atoms with Crippen molar-refractivity contribution >= 4 is 5.91 Å². The SMILES string of the molecule is CC(CO)N(C)C(=O)C(CN)c1ccccc1. The van der Waals surface area contributed by atoms with Crippen LogP contribution < -0.4 is 5.73 Å². The number of aliphatic hydroxyl groups excluding tert-OH is 1. The van der Waals surface area contributed by atoms with Crippen molar-refractivity contribution in [2.45, 2.75) is 18.9 Å². The molecule has 1 amide bonds. The molecule has 0 saturated heterocycles. The number of aliphatic hydroxyl groups is 1. The molecule has 0 heterocycles. The number of rotatable bonds is 5. The number of hydrogen-bond acceptors (Lipinski definition) is 3. The summed E-state index contributed by atoms with van der Waals surface area (Å²) in [5.74, 6) is -0.393. The van der Waals surface area contributed by atoms with Crippen LogP contribution in [0.25, 0.3) is 0 Å². The molecular weight excluding hydrogens is 216 g/mol. The highest BCUT2D eigenvalue weighted by atomic mass is 16.3. The van der Waals surface area contributed by atoms with Crippen LogP contribution in [0.4, 0.5) is 0 Å². The topological polar surface area (TPSA) is 66.6 Å². The fourth-order valence-electron chi connectivity index (χ4n) is 1.65. The second kappa shape index (κ2) is 6.37. The van der Waals surface area contributed by atoms with Gasteiger partial charge in [-0.2, -0.15) is 0 Å². The lowest BCUT2D eigenvalue weighted by Crippen LogP contribution is -2.42. The molecule has 4 nitrogen and oxygen atoms in total. The van der Waals surface area contributed by atoms with Gasteiger partial charge in [0.25, 0.3) is 0 Å². The van der Waals surface area contributed by atoms with E-state index in [0.717, 1.165) is 5.56 Å². The van der Waals surface area contributed by atoms with Gasteiger partial charge in [0.05, 0.1) is 18.6 Å². The minimum absolute atomic E-state index is 0.0473. The summed E-state index contributed by atoms with van der Waals surface area (Å²) >= 11 is 0. The molecular formula is C13H20N2O2. The zero-order chi connectivity index (χ0) is 12.8. The Morgan fingerprint density at radius 2 is 2.00 bits per heavy atom. The van der Waals surface area contributed by atoms with E-state index in [1.165, 1.54) is 0 Å². The van der Waals surface area contributed by atoms with Gasteiger partial charge in [0.1, 0.15) is 0 Å². The number of nitrogens with two attached hydrogens (primary N) is 1. The van der Waals surface area contributed by atoms with Crippen molar-refractivity contribution in [2.75, 3.05) is 20.2 Å². The Kier molecular flexibility index (Phi) is 5.12. The van der Waals surface area contributed by atoms with Crippen LogP contribution in [-0.2, 0) is 4.79 Å². The minimum Gasteiger partial charge on any atom is -0.394 e. The highest BCUT2D eigenvalue weighted by Gasteiger charge is 2.24. The first-order chi connectivity index (χ1) is 8.11. The lowest BCUT2D eigenvalue weighted by Gasteiger charge is -2.27. The predicted molar refractivity (Wildman–Crippen MR) is 67.6 cm³/mol. The van der Waals surface area contributed by atoms with E-state index in [1.807, 2.05) is 30.3 Å². The molecule has 0 aliphatic carbocycles. The van der Waals surface area contributed by atoms with Crippen LogP contribution in [0.15, 0.2) is 30.3 Å². The van der Waals surface area contributed by atoms with Crippen molar-refractivity contribution in [3.8, 4) is 0 Å². The number of nitrogens with zero attached hydrogens (tertiary/aromatic N) is 1. The van der Waals surface area contributed by atoms with Crippen molar-refractivity contribution in [3.05, 3.63) is 35.9 Å². The highest BCUT2D eigenvalue weighted by Crippen LogP contribution is 2.17. The fourth-order valence-corrected chi connectivity index (χ4v) is 1.65. The van der Waals surface area contributed by atoms with Gasteiger partial charge in [0.15, 0.2) is 0 Å². The Morgan fingerprint density at radius 3 is 2.47 bits per heavy atom. The van der Waals surface area contributed by atoms with E-state index in [2.05, 4.69) is 0 Å². The van der Waals surface area contributed by atoms with E-state index < -0.39 is 0 Å². The Hall–Kier alpha value is -1.39. The molecule has 2 unspecified atom stereocenters. The summed E-state index contributed by atoms with van der Waals surface area (Å²) in [6.45, 7) is 2.02. The van der Waals surface area contributed by atoms with Crippen molar-refractivity contribution in [1.29, 1.82) is 0 Å². The van der Waals surface area contributed by atoms with Crippen LogP contribution in [-0.4, -0.2) is 42.2 Å². The lowest BCUT2D eigenvalue weighted by molar-refractivity contribution is -0.133. The average Bonchev–Trinajstić information content (AvgIpc) is 2.38. The normalized spacial score (nSPS) is 14.1. The second-order valence-corrected chi connectivity index (χ2v) is 4.18. The summed E-state index contributed by atoms with van der Waals surface area (Å²) in [5, 5.41) is 9.05. The van der Waals surface area contributed by atoms with E-state index in [9.17, 15) is 4.79 Å². The number of hydrogen-bond donors (Lipinski definition) is 2. The first kappa shape index (κ1) is 13.7. The third kappa shape index (κ3) is 3.28. The zero-order valence-corrected chi connectivity index (χ0v) is 10.3. The lowest BCUT2D eigenvalue weighted by atomic mass is 9.97. The van der Waals surface area contributed by atoms with Gasteiger partial charge in [0, 0.05) is 13.6 Å². The maximum absolute atomic E-state index is 12.2. The van der Waals surface area contributed by atoms with E-state index in [4.69, 9.17) is 10.8 Å². The standard InChI is InChI=1S/C13H20N2O2/c1-10(9-16)15(2)13(17)12(8-14)11-6-4-3-5-7-11/h3-7,10,12,16H,8-9,14H2,1-2H3. The van der Waals surface area contributed by atoms with Crippen LogP contribution in [0.3, 0.4) is 0 Å². The maximum Gasteiger partial charge on any atom is 0.231 e. The van der Waals surface area contributed by atoms with Crippen molar-refractivity contribution in [3.63, 3.8) is 0 Å². The molecule has 3 N–H and O–H groups in total. The third-order valence-corrected chi connectivity index (χ3v) is 3.01. The van der Waals surface area contributed by atoms with Gasteiger partial charge in [-0.15, -0.1) is 0 Å². The average molecular weight is 236 g/mol. The summed E-state index contributed by atoms with van der Waals surface area (Å²) in [4.78, 5) is 13.8. The zero-order valence-electron chi connectivity index (χ0n) is 10.3. The number of amides is 1. The van der Waals surface area contributed by atoms with E-state index in [-0.39, 0.29) is 31.0 Å². The Bertz CT molecular complexity index is 354. The van der Waals surface area contributed by atoms with Crippen molar-refractivity contribution in [1.82, 2.24) is 4.90 Å². The van der Waals surface area contributed by atoms with Gasteiger partial charge in [0.2, 0.25) is 5.91 Å². The number of benzene rings is 1. The molecule has 0 radical (unpaired) electrons. The number of carbonyl (C=O) groups excluding carboxylic acids is 1. The predicted octanol–water partition coefficient (Wildman–Crippen LogP) is 0.568. The molecule has 17 heavy (non-hydrogen) atoms. The second-order valence-electron chi connectivity index (χ2n) is 4.18. The van der Waals surface area contributed by atoms with Crippen LogP contribution >= 0.6 is 0 Å². The minimum atomic E-state index is -0.338. The summed E-state index contributed by atoms with van der Waals surface area (Å²) < 4.78 is 0. The van der Waals surface area contributed by atoms with E-state index >= 15 is 0 Å². The van der Waals surface area contributed by atoms with Gasteiger partial charge in [-0.1, -0.05) is 30.3 Å². The van der Waals surface area contributed by atoms with Crippen LogP contribution in [0.2, 0.25) is 0 Å². The monoisotopic (exact) mass is 236 g/mol. The van der Waals surface area contributed by atoms with Crippen LogP contribution in [0, 0.1) is 0 Å². The van der Waals surface area contributed by atoms with E-state index in [1.54, 1.807) is 18.9 Å². The summed E-state index contributed by atoms with van der Waals surface area (Å²) in [7, 11) is 1.69. The number of likely N-dealkylation sites (N-methyl/N-ethyl adjacent to an activating group) is 1. The molecule has 1 aromatic carbocycles. The first-order valence-electron chi connectivity index (χ1n) is 5.74. The number of carbonyl (C=O) groups is 1. The molecule has 0 aromatic heterocycles. The Morgan fingerprint density at radius 1 is 1.41 bits per heavy atom. The smallest absolute Gasteiger partial charge is 0.231 e. The fraction of sp³-hybridized carbons (Fsp3) is 0.462. The molecule has 0 bridgehead atoms. The van der Waals surface area contributed by atoms with Gasteiger partial charge < -0.3 is 15.7 Å². The van der Waals surface area contributed by atoms with E-state index in [0.29, 0.717) is 0 Å². The van der Waals surface area contributed by atoms with Gasteiger partial charge >= 0.3 is 0 Å². The summed E-state index contributed by atoms with van der Waals surface area (Å²) in [6.07, 6.45) is 0. The molecule has 1 aromatic rings. The Balaban J connectivity index is 2.85. The van der Waals surface area contributed by atoms with Crippen molar-refractivity contribution in [2.24, 2.45) is 5.73 Å². The van der Waals surface area contributed by atoms with Gasteiger partial charge in [-0.25, -0.2) is 0 Å². The molecule has 1 rings (SSSR count). The molecule has 0 saturated carbocycles. The van der Waals surface area contributed by atoms with Crippen LogP contribution in [0.1, 0.15) is 18.4 Å². The quantitative estimate of drug-likeness (QED) is 0.785. The summed E-state index contributed by atoms with van der Waals surface area (Å²) in [5.41, 5.74) is 6.59. The molecule has 0 spiro atoms. The third-order valence-electron chi connectivity index (χ3n) is 3.01. The maximum atomic E-state index is 12.2. The molecule has 2 atom stereocenters. The molecule has 94 valence electrons.